The summed E-state index contributed by atoms with van der Waals surface area (Å²) >= 11 is 0. The van der Waals surface area contributed by atoms with Crippen molar-refractivity contribution in [2.24, 2.45) is 5.18 Å². The third kappa shape index (κ3) is 4.55. The first-order chi connectivity index (χ1) is 16.5. The number of piperazine rings is 1. The Labute approximate surface area is 200 Å². The number of likely N-dealkylation sites (N-methyl/N-ethyl adjacent to an activating group) is 1. The third-order valence-corrected chi connectivity index (χ3v) is 7.34. The molecule has 0 bridgehead atoms. The molecule has 0 saturated carbocycles. The first-order valence-electron chi connectivity index (χ1n) is 12.0. The number of anilines is 1. The normalized spacial score (nSPS) is 19.6. The van der Waals surface area contributed by atoms with E-state index in [9.17, 15) is 14.5 Å². The highest BCUT2D eigenvalue weighted by molar-refractivity contribution is 5.97. The lowest BCUT2D eigenvalue weighted by molar-refractivity contribution is -0.129. The molecule has 178 valence electrons. The van der Waals surface area contributed by atoms with Gasteiger partial charge in [-0.05, 0) is 47.7 Å². The summed E-state index contributed by atoms with van der Waals surface area (Å²) < 4.78 is 0. The predicted molar refractivity (Wildman–Crippen MR) is 131 cm³/mol. The van der Waals surface area contributed by atoms with Gasteiger partial charge in [0.25, 0.3) is 5.91 Å². The standard InChI is InChI=1S/C26H31N5O3/c1-28-12-13-30(18-25(28)32)23-6-7-24-20(14-23)9-11-31(26(24)33)17-22(27-34)16-29-10-8-19-4-2-3-5-21(19)15-29/h2-7,14,22H,8-13,15-18H2,1H3. The van der Waals surface area contributed by atoms with Crippen LogP contribution >= 0.6 is 0 Å². The minimum absolute atomic E-state index is 0.0418. The number of benzene rings is 2. The smallest absolute Gasteiger partial charge is 0.254 e. The van der Waals surface area contributed by atoms with Gasteiger partial charge in [-0.25, -0.2) is 0 Å². The molecule has 3 heterocycles. The number of hydrogen-bond acceptors (Lipinski definition) is 6. The SMILES string of the molecule is CN1CCN(c2ccc3c(c2)CCN(CC(CN2CCc4ccccc4C2)N=O)C3=O)CC1=O. The van der Waals surface area contributed by atoms with Crippen molar-refractivity contribution in [1.29, 1.82) is 0 Å². The van der Waals surface area contributed by atoms with E-state index in [1.165, 1.54) is 11.1 Å². The van der Waals surface area contributed by atoms with Crippen LogP contribution in [0.25, 0.3) is 0 Å². The molecule has 1 unspecified atom stereocenters. The van der Waals surface area contributed by atoms with Crippen molar-refractivity contribution >= 4 is 17.5 Å². The van der Waals surface area contributed by atoms with E-state index in [0.29, 0.717) is 38.3 Å². The quantitative estimate of drug-likeness (QED) is 0.617. The number of carbonyl (C=O) groups excluding carboxylic acids is 2. The summed E-state index contributed by atoms with van der Waals surface area (Å²) in [5.74, 6) is 0.0655. The van der Waals surface area contributed by atoms with Crippen LogP contribution < -0.4 is 4.90 Å². The van der Waals surface area contributed by atoms with Crippen molar-refractivity contribution in [2.45, 2.75) is 25.4 Å². The van der Waals surface area contributed by atoms with Crippen LogP contribution in [-0.2, 0) is 24.2 Å². The average molecular weight is 462 g/mol. The second kappa shape index (κ2) is 9.54. The number of hydrogen-bond donors (Lipinski definition) is 0. The maximum Gasteiger partial charge on any atom is 0.254 e. The number of fused-ring (bicyclic) bond motifs is 2. The monoisotopic (exact) mass is 461 g/mol. The Hall–Kier alpha value is -3.26. The van der Waals surface area contributed by atoms with Gasteiger partial charge in [-0.3, -0.25) is 14.5 Å². The van der Waals surface area contributed by atoms with Gasteiger partial charge in [-0.2, -0.15) is 4.91 Å². The van der Waals surface area contributed by atoms with Crippen molar-refractivity contribution in [3.05, 3.63) is 69.6 Å². The van der Waals surface area contributed by atoms with Gasteiger partial charge in [-0.1, -0.05) is 29.4 Å². The van der Waals surface area contributed by atoms with E-state index in [-0.39, 0.29) is 11.8 Å². The third-order valence-electron chi connectivity index (χ3n) is 7.34. The molecule has 2 aromatic rings. The fraction of sp³-hybridized carbons (Fsp3) is 0.462. The van der Waals surface area contributed by atoms with Gasteiger partial charge < -0.3 is 14.7 Å². The fourth-order valence-electron chi connectivity index (χ4n) is 5.26. The summed E-state index contributed by atoms with van der Waals surface area (Å²) in [6.45, 7) is 5.04. The molecule has 1 saturated heterocycles. The van der Waals surface area contributed by atoms with E-state index >= 15 is 0 Å². The van der Waals surface area contributed by atoms with Crippen molar-refractivity contribution in [3.8, 4) is 0 Å². The molecule has 0 radical (unpaired) electrons. The van der Waals surface area contributed by atoms with E-state index in [0.717, 1.165) is 43.7 Å². The average Bonchev–Trinajstić information content (AvgIpc) is 2.86. The summed E-state index contributed by atoms with van der Waals surface area (Å²) in [5, 5.41) is 3.38. The van der Waals surface area contributed by atoms with Crippen LogP contribution in [0.15, 0.2) is 47.6 Å². The molecule has 1 fully saturated rings. The lowest BCUT2D eigenvalue weighted by atomic mass is 9.97. The fourth-order valence-corrected chi connectivity index (χ4v) is 5.26. The lowest BCUT2D eigenvalue weighted by Crippen LogP contribution is -2.48. The van der Waals surface area contributed by atoms with E-state index in [4.69, 9.17) is 0 Å². The summed E-state index contributed by atoms with van der Waals surface area (Å²) in [7, 11) is 1.82. The van der Waals surface area contributed by atoms with Gasteiger partial charge >= 0.3 is 0 Å². The Balaban J connectivity index is 1.22. The Kier molecular flexibility index (Phi) is 6.32. The summed E-state index contributed by atoms with van der Waals surface area (Å²) in [6, 6.07) is 13.8. The molecule has 3 aliphatic heterocycles. The van der Waals surface area contributed by atoms with Gasteiger partial charge in [0, 0.05) is 64.1 Å². The van der Waals surface area contributed by atoms with E-state index < -0.39 is 6.04 Å². The second-order valence-electron chi connectivity index (χ2n) is 9.59. The Bertz CT molecular complexity index is 1100. The van der Waals surface area contributed by atoms with Gasteiger partial charge in [0.1, 0.15) is 6.04 Å². The molecule has 0 aromatic heterocycles. The zero-order chi connectivity index (χ0) is 23.7. The highest BCUT2D eigenvalue weighted by Crippen LogP contribution is 2.26. The first-order valence-corrected chi connectivity index (χ1v) is 12.0. The predicted octanol–water partition coefficient (Wildman–Crippen LogP) is 2.16. The zero-order valence-electron chi connectivity index (χ0n) is 19.7. The summed E-state index contributed by atoms with van der Waals surface area (Å²) in [6.07, 6.45) is 1.71. The van der Waals surface area contributed by atoms with Crippen LogP contribution in [0.1, 0.15) is 27.0 Å². The number of carbonyl (C=O) groups is 2. The van der Waals surface area contributed by atoms with Crippen LogP contribution in [0, 0.1) is 4.91 Å². The van der Waals surface area contributed by atoms with Gasteiger partial charge in [0.15, 0.2) is 0 Å². The molecule has 3 aliphatic rings. The lowest BCUT2D eigenvalue weighted by Gasteiger charge is -2.35. The minimum Gasteiger partial charge on any atom is -0.360 e. The Morgan fingerprint density at radius 2 is 1.68 bits per heavy atom. The Morgan fingerprint density at radius 1 is 0.882 bits per heavy atom. The highest BCUT2D eigenvalue weighted by Gasteiger charge is 2.29. The number of nitroso groups, excluding NO2 is 1. The van der Waals surface area contributed by atoms with E-state index in [1.54, 1.807) is 9.80 Å². The molecule has 34 heavy (non-hydrogen) atoms. The van der Waals surface area contributed by atoms with Gasteiger partial charge in [-0.15, -0.1) is 0 Å². The summed E-state index contributed by atoms with van der Waals surface area (Å²) in [4.78, 5) is 44.8. The molecule has 8 nitrogen and oxygen atoms in total. The van der Waals surface area contributed by atoms with Crippen LogP contribution in [0.2, 0.25) is 0 Å². The topological polar surface area (TPSA) is 76.5 Å². The van der Waals surface area contributed by atoms with Crippen LogP contribution in [0.5, 0.6) is 0 Å². The molecule has 0 N–H and O–H groups in total. The van der Waals surface area contributed by atoms with Crippen molar-refractivity contribution in [2.75, 3.05) is 57.8 Å². The van der Waals surface area contributed by atoms with Gasteiger partial charge in [0.2, 0.25) is 5.91 Å². The maximum atomic E-state index is 13.2. The number of nitrogens with zero attached hydrogens (tertiary/aromatic N) is 5. The molecule has 8 heteroatoms. The number of rotatable bonds is 6. The molecule has 2 aromatic carbocycles. The van der Waals surface area contributed by atoms with Gasteiger partial charge in [0.05, 0.1) is 6.54 Å². The van der Waals surface area contributed by atoms with E-state index in [2.05, 4.69) is 39.2 Å². The van der Waals surface area contributed by atoms with Crippen molar-refractivity contribution in [3.63, 3.8) is 0 Å². The van der Waals surface area contributed by atoms with Crippen LogP contribution in [0.3, 0.4) is 0 Å². The molecule has 0 spiro atoms. The first kappa shape index (κ1) is 22.5. The van der Waals surface area contributed by atoms with E-state index in [1.807, 2.05) is 25.2 Å². The largest absolute Gasteiger partial charge is 0.360 e. The Morgan fingerprint density at radius 3 is 2.47 bits per heavy atom. The van der Waals surface area contributed by atoms with Crippen LogP contribution in [-0.4, -0.2) is 85.4 Å². The molecule has 2 amide bonds. The summed E-state index contributed by atoms with van der Waals surface area (Å²) in [5.41, 5.74) is 5.36. The van der Waals surface area contributed by atoms with Crippen molar-refractivity contribution < 1.29 is 9.59 Å². The number of amides is 2. The van der Waals surface area contributed by atoms with Crippen LogP contribution in [0.4, 0.5) is 5.69 Å². The molecular weight excluding hydrogens is 430 g/mol. The molecular formula is C26H31N5O3. The molecule has 1 atom stereocenters. The maximum absolute atomic E-state index is 13.2. The molecule has 0 aliphatic carbocycles. The highest BCUT2D eigenvalue weighted by atomic mass is 16.3. The zero-order valence-corrected chi connectivity index (χ0v) is 19.7. The molecule has 5 rings (SSSR count). The van der Waals surface area contributed by atoms with Crippen molar-refractivity contribution in [1.82, 2.24) is 14.7 Å². The second-order valence-corrected chi connectivity index (χ2v) is 9.59. The minimum atomic E-state index is -0.452.